The van der Waals surface area contributed by atoms with E-state index in [-0.39, 0.29) is 0 Å². The zero-order valence-corrected chi connectivity index (χ0v) is 11.7. The van der Waals surface area contributed by atoms with Gasteiger partial charge in [-0.25, -0.2) is 0 Å². The van der Waals surface area contributed by atoms with Crippen molar-refractivity contribution in [1.82, 2.24) is 5.32 Å². The third kappa shape index (κ3) is 3.36. The van der Waals surface area contributed by atoms with Gasteiger partial charge in [0.2, 0.25) is 0 Å². The molecular weight excluding hydrogens is 220 g/mol. The molecule has 0 spiro atoms. The van der Waals surface area contributed by atoms with E-state index in [1.54, 1.807) is 0 Å². The predicted molar refractivity (Wildman–Crippen MR) is 80.2 cm³/mol. The molecule has 1 heterocycles. The van der Waals surface area contributed by atoms with Crippen LogP contribution in [-0.2, 0) is 6.42 Å². The normalized spacial score (nSPS) is 15.4. The number of nitrogens with zero attached hydrogens (tertiary/aromatic N) is 1. The SMILES string of the molecule is CC(C)NCC=Cc1ccc2c(c1)CCCN2C. The molecule has 0 bridgehead atoms. The van der Waals surface area contributed by atoms with E-state index >= 15 is 0 Å². The number of hydrogen-bond acceptors (Lipinski definition) is 2. The average Bonchev–Trinajstić information content (AvgIpc) is 2.35. The first-order chi connectivity index (χ1) is 8.66. The van der Waals surface area contributed by atoms with Gasteiger partial charge in [-0.15, -0.1) is 0 Å². The molecule has 18 heavy (non-hydrogen) atoms. The highest BCUT2D eigenvalue weighted by molar-refractivity contribution is 5.61. The Morgan fingerprint density at radius 1 is 1.39 bits per heavy atom. The van der Waals surface area contributed by atoms with Gasteiger partial charge in [-0.1, -0.05) is 32.1 Å². The van der Waals surface area contributed by atoms with Gasteiger partial charge in [-0.2, -0.15) is 0 Å². The molecule has 1 aliphatic heterocycles. The Hall–Kier alpha value is -1.28. The van der Waals surface area contributed by atoms with E-state index in [0.717, 1.165) is 6.54 Å². The second-order valence-corrected chi connectivity index (χ2v) is 5.38. The topological polar surface area (TPSA) is 15.3 Å². The molecule has 0 radical (unpaired) electrons. The molecule has 0 saturated carbocycles. The molecule has 0 atom stereocenters. The maximum atomic E-state index is 3.39. The number of nitrogens with one attached hydrogen (secondary N) is 1. The molecule has 0 aliphatic carbocycles. The molecule has 1 N–H and O–H groups in total. The molecule has 2 nitrogen and oxygen atoms in total. The molecular formula is C16H24N2. The van der Waals surface area contributed by atoms with Crippen LogP contribution in [0.3, 0.4) is 0 Å². The van der Waals surface area contributed by atoms with Crippen molar-refractivity contribution in [3.63, 3.8) is 0 Å². The quantitative estimate of drug-likeness (QED) is 0.875. The summed E-state index contributed by atoms with van der Waals surface area (Å²) >= 11 is 0. The first kappa shape index (κ1) is 13.2. The summed E-state index contributed by atoms with van der Waals surface area (Å²) in [6.45, 7) is 6.46. The van der Waals surface area contributed by atoms with E-state index in [9.17, 15) is 0 Å². The van der Waals surface area contributed by atoms with E-state index in [4.69, 9.17) is 0 Å². The van der Waals surface area contributed by atoms with Gasteiger partial charge in [0.1, 0.15) is 0 Å². The highest BCUT2D eigenvalue weighted by Gasteiger charge is 2.12. The Bertz CT molecular complexity index is 421. The van der Waals surface area contributed by atoms with E-state index in [0.29, 0.717) is 6.04 Å². The number of rotatable bonds is 4. The number of aryl methyl sites for hydroxylation is 1. The monoisotopic (exact) mass is 244 g/mol. The lowest BCUT2D eigenvalue weighted by Gasteiger charge is -2.27. The van der Waals surface area contributed by atoms with Crippen molar-refractivity contribution in [3.05, 3.63) is 35.4 Å². The number of hydrogen-bond donors (Lipinski definition) is 1. The molecule has 0 fully saturated rings. The predicted octanol–water partition coefficient (Wildman–Crippen LogP) is 3.08. The highest BCUT2D eigenvalue weighted by Crippen LogP contribution is 2.27. The summed E-state index contributed by atoms with van der Waals surface area (Å²) in [7, 11) is 2.18. The molecule has 2 rings (SSSR count). The maximum Gasteiger partial charge on any atom is 0.0396 e. The van der Waals surface area contributed by atoms with Crippen LogP contribution >= 0.6 is 0 Å². The summed E-state index contributed by atoms with van der Waals surface area (Å²) in [6.07, 6.45) is 6.90. The lowest BCUT2D eigenvalue weighted by atomic mass is 9.99. The lowest BCUT2D eigenvalue weighted by Crippen LogP contribution is -2.24. The van der Waals surface area contributed by atoms with Crippen molar-refractivity contribution < 1.29 is 0 Å². The van der Waals surface area contributed by atoms with Gasteiger partial charge in [0, 0.05) is 31.9 Å². The number of fused-ring (bicyclic) bond motifs is 1. The zero-order valence-electron chi connectivity index (χ0n) is 11.7. The van der Waals surface area contributed by atoms with Crippen molar-refractivity contribution in [2.24, 2.45) is 0 Å². The summed E-state index contributed by atoms with van der Waals surface area (Å²) in [5.41, 5.74) is 4.20. The Morgan fingerprint density at radius 3 is 3.00 bits per heavy atom. The van der Waals surface area contributed by atoms with Crippen LogP contribution in [0.4, 0.5) is 5.69 Å². The van der Waals surface area contributed by atoms with Crippen LogP contribution in [0.25, 0.3) is 6.08 Å². The molecule has 0 saturated heterocycles. The molecule has 0 amide bonds. The van der Waals surface area contributed by atoms with E-state index in [1.165, 1.54) is 36.2 Å². The van der Waals surface area contributed by atoms with Crippen molar-refractivity contribution in [1.29, 1.82) is 0 Å². The van der Waals surface area contributed by atoms with Crippen molar-refractivity contribution in [2.75, 3.05) is 25.0 Å². The van der Waals surface area contributed by atoms with Crippen LogP contribution < -0.4 is 10.2 Å². The van der Waals surface area contributed by atoms with Crippen LogP contribution in [0.5, 0.6) is 0 Å². The molecule has 98 valence electrons. The summed E-state index contributed by atoms with van der Waals surface area (Å²) in [5.74, 6) is 0. The zero-order chi connectivity index (χ0) is 13.0. The van der Waals surface area contributed by atoms with E-state index in [1.807, 2.05) is 0 Å². The van der Waals surface area contributed by atoms with Crippen LogP contribution in [0, 0.1) is 0 Å². The van der Waals surface area contributed by atoms with Gasteiger partial charge in [0.25, 0.3) is 0 Å². The summed E-state index contributed by atoms with van der Waals surface area (Å²) < 4.78 is 0. The smallest absolute Gasteiger partial charge is 0.0396 e. The Labute approximate surface area is 111 Å². The fraction of sp³-hybridized carbons (Fsp3) is 0.500. The van der Waals surface area contributed by atoms with Gasteiger partial charge in [0.15, 0.2) is 0 Å². The minimum absolute atomic E-state index is 0.548. The largest absolute Gasteiger partial charge is 0.374 e. The molecule has 0 aromatic heterocycles. The highest BCUT2D eigenvalue weighted by atomic mass is 15.1. The lowest BCUT2D eigenvalue weighted by molar-refractivity contribution is 0.633. The van der Waals surface area contributed by atoms with Gasteiger partial charge in [-0.3, -0.25) is 0 Å². The molecule has 2 heteroatoms. The molecule has 1 aromatic carbocycles. The van der Waals surface area contributed by atoms with E-state index in [2.05, 4.69) is 61.5 Å². The Balaban J connectivity index is 2.02. The van der Waals surface area contributed by atoms with Crippen LogP contribution in [0.2, 0.25) is 0 Å². The Morgan fingerprint density at radius 2 is 2.22 bits per heavy atom. The van der Waals surface area contributed by atoms with Crippen LogP contribution in [0.15, 0.2) is 24.3 Å². The van der Waals surface area contributed by atoms with E-state index < -0.39 is 0 Å². The van der Waals surface area contributed by atoms with Crippen LogP contribution in [-0.4, -0.2) is 26.2 Å². The minimum atomic E-state index is 0.548. The molecule has 1 aromatic rings. The standard InChI is InChI=1S/C16H24N2/c1-13(2)17-10-4-6-14-8-9-16-15(12-14)7-5-11-18(16)3/h4,6,8-9,12-13,17H,5,7,10-11H2,1-3H3. The molecule has 0 unspecified atom stereocenters. The average molecular weight is 244 g/mol. The minimum Gasteiger partial charge on any atom is -0.374 e. The first-order valence-electron chi connectivity index (χ1n) is 6.91. The van der Waals surface area contributed by atoms with Gasteiger partial charge in [-0.05, 0) is 36.1 Å². The number of benzene rings is 1. The van der Waals surface area contributed by atoms with Gasteiger partial charge < -0.3 is 10.2 Å². The second kappa shape index (κ2) is 6.05. The van der Waals surface area contributed by atoms with Crippen molar-refractivity contribution in [2.45, 2.75) is 32.7 Å². The van der Waals surface area contributed by atoms with Gasteiger partial charge in [0.05, 0.1) is 0 Å². The van der Waals surface area contributed by atoms with Crippen LogP contribution in [0.1, 0.15) is 31.4 Å². The van der Waals surface area contributed by atoms with Gasteiger partial charge >= 0.3 is 0 Å². The summed E-state index contributed by atoms with van der Waals surface area (Å²) in [5, 5.41) is 3.39. The Kier molecular flexibility index (Phi) is 4.43. The summed E-state index contributed by atoms with van der Waals surface area (Å²) in [6, 6.07) is 7.35. The molecule has 1 aliphatic rings. The fourth-order valence-corrected chi connectivity index (χ4v) is 2.41. The maximum absolute atomic E-state index is 3.39. The third-order valence-electron chi connectivity index (χ3n) is 3.41. The second-order valence-electron chi connectivity index (χ2n) is 5.38. The summed E-state index contributed by atoms with van der Waals surface area (Å²) in [4.78, 5) is 2.35. The number of anilines is 1. The first-order valence-corrected chi connectivity index (χ1v) is 6.91. The van der Waals surface area contributed by atoms with Crippen molar-refractivity contribution >= 4 is 11.8 Å². The van der Waals surface area contributed by atoms with Crippen molar-refractivity contribution in [3.8, 4) is 0 Å². The fourth-order valence-electron chi connectivity index (χ4n) is 2.41. The third-order valence-corrected chi connectivity index (χ3v) is 3.41.